The minimum Gasteiger partial charge on any atom is -0.465 e. The third-order valence-corrected chi connectivity index (χ3v) is 5.55. The zero-order chi connectivity index (χ0) is 18.7. The SMILES string of the molecule is CSc1ccccc1-c1ccc(NC(=O)C2CCCN2C(=O)O)c(Cl)c1. The van der Waals surface area contributed by atoms with Gasteiger partial charge in [-0.1, -0.05) is 35.9 Å². The second-order valence-corrected chi connectivity index (χ2v) is 7.27. The molecule has 1 unspecified atom stereocenters. The Labute approximate surface area is 161 Å². The van der Waals surface area contributed by atoms with Crippen LogP contribution in [0.5, 0.6) is 0 Å². The average molecular weight is 391 g/mol. The Bertz CT molecular complexity index is 843. The number of nitrogens with zero attached hydrogens (tertiary/aromatic N) is 1. The molecule has 5 nitrogen and oxygen atoms in total. The fraction of sp³-hybridized carbons (Fsp3) is 0.263. The topological polar surface area (TPSA) is 69.6 Å². The molecule has 0 bridgehead atoms. The number of carbonyl (C=O) groups is 2. The second-order valence-electron chi connectivity index (χ2n) is 6.02. The monoisotopic (exact) mass is 390 g/mol. The molecule has 136 valence electrons. The molecule has 26 heavy (non-hydrogen) atoms. The number of nitrogens with one attached hydrogen (secondary N) is 1. The fourth-order valence-electron chi connectivity index (χ4n) is 3.15. The Morgan fingerprint density at radius 3 is 2.73 bits per heavy atom. The van der Waals surface area contributed by atoms with E-state index >= 15 is 0 Å². The van der Waals surface area contributed by atoms with E-state index in [1.807, 2.05) is 42.7 Å². The Hall–Kier alpha value is -2.18. The molecule has 1 aliphatic heterocycles. The first-order valence-corrected chi connectivity index (χ1v) is 9.85. The Morgan fingerprint density at radius 1 is 1.27 bits per heavy atom. The van der Waals surface area contributed by atoms with Crippen LogP contribution in [0.25, 0.3) is 11.1 Å². The number of rotatable bonds is 4. The standard InChI is InChI=1S/C19H19ClN2O3S/c1-26-17-7-3-2-5-13(17)12-8-9-15(14(20)11-12)21-18(23)16-6-4-10-22(16)19(24)25/h2-3,5,7-9,11,16H,4,6,10H2,1H3,(H,21,23)(H,24,25). The van der Waals surface area contributed by atoms with E-state index in [0.29, 0.717) is 30.1 Å². The van der Waals surface area contributed by atoms with Crippen LogP contribution in [-0.4, -0.2) is 40.8 Å². The molecule has 0 spiro atoms. The van der Waals surface area contributed by atoms with Crippen molar-refractivity contribution in [2.75, 3.05) is 18.1 Å². The second kappa shape index (κ2) is 8.01. The minimum absolute atomic E-state index is 0.343. The van der Waals surface area contributed by atoms with Crippen molar-refractivity contribution in [3.63, 3.8) is 0 Å². The quantitative estimate of drug-likeness (QED) is 0.735. The summed E-state index contributed by atoms with van der Waals surface area (Å²) in [6.45, 7) is 0.381. The first kappa shape index (κ1) is 18.6. The fourth-order valence-corrected chi connectivity index (χ4v) is 4.00. The first-order valence-electron chi connectivity index (χ1n) is 8.24. The van der Waals surface area contributed by atoms with Crippen molar-refractivity contribution in [3.8, 4) is 11.1 Å². The summed E-state index contributed by atoms with van der Waals surface area (Å²) in [5.41, 5.74) is 2.53. The molecule has 7 heteroatoms. The smallest absolute Gasteiger partial charge is 0.407 e. The highest BCUT2D eigenvalue weighted by Crippen LogP contribution is 2.34. The maximum atomic E-state index is 12.5. The van der Waals surface area contributed by atoms with Crippen molar-refractivity contribution in [1.82, 2.24) is 4.90 Å². The molecule has 1 fully saturated rings. The van der Waals surface area contributed by atoms with Gasteiger partial charge in [0.25, 0.3) is 0 Å². The summed E-state index contributed by atoms with van der Waals surface area (Å²) in [5, 5.41) is 12.4. The number of carbonyl (C=O) groups excluding carboxylic acids is 1. The molecule has 0 saturated carbocycles. The lowest BCUT2D eigenvalue weighted by Crippen LogP contribution is -2.42. The van der Waals surface area contributed by atoms with E-state index in [-0.39, 0.29) is 5.91 Å². The van der Waals surface area contributed by atoms with Crippen LogP contribution >= 0.6 is 23.4 Å². The molecule has 2 N–H and O–H groups in total. The number of amides is 2. The summed E-state index contributed by atoms with van der Waals surface area (Å²) in [6, 6.07) is 12.8. The van der Waals surface area contributed by atoms with E-state index in [1.165, 1.54) is 4.90 Å². The summed E-state index contributed by atoms with van der Waals surface area (Å²) in [6.07, 6.45) is 2.15. The van der Waals surface area contributed by atoms with Crippen molar-refractivity contribution >= 4 is 41.1 Å². The molecule has 3 rings (SSSR count). The first-order chi connectivity index (χ1) is 12.5. The van der Waals surface area contributed by atoms with Crippen molar-refractivity contribution in [2.45, 2.75) is 23.8 Å². The molecule has 1 saturated heterocycles. The van der Waals surface area contributed by atoms with Crippen LogP contribution in [0.4, 0.5) is 10.5 Å². The Balaban J connectivity index is 1.80. The van der Waals surface area contributed by atoms with Gasteiger partial charge in [0, 0.05) is 11.4 Å². The van der Waals surface area contributed by atoms with Crippen LogP contribution < -0.4 is 5.32 Å². The van der Waals surface area contributed by atoms with Gasteiger partial charge in [-0.2, -0.15) is 0 Å². The van der Waals surface area contributed by atoms with Crippen molar-refractivity contribution in [2.24, 2.45) is 0 Å². The molecule has 1 aliphatic rings. The number of hydrogen-bond donors (Lipinski definition) is 2. The van der Waals surface area contributed by atoms with Crippen LogP contribution in [-0.2, 0) is 4.79 Å². The van der Waals surface area contributed by atoms with E-state index in [1.54, 1.807) is 17.8 Å². The van der Waals surface area contributed by atoms with Gasteiger partial charge in [0.05, 0.1) is 10.7 Å². The number of benzene rings is 2. The molecular weight excluding hydrogens is 372 g/mol. The molecule has 2 aromatic rings. The predicted molar refractivity (Wildman–Crippen MR) is 105 cm³/mol. The normalized spacial score (nSPS) is 16.5. The zero-order valence-corrected chi connectivity index (χ0v) is 15.8. The van der Waals surface area contributed by atoms with Crippen molar-refractivity contribution in [1.29, 1.82) is 0 Å². The third-order valence-electron chi connectivity index (χ3n) is 4.45. The largest absolute Gasteiger partial charge is 0.465 e. The lowest BCUT2D eigenvalue weighted by atomic mass is 10.1. The van der Waals surface area contributed by atoms with Crippen LogP contribution in [0.15, 0.2) is 47.4 Å². The highest BCUT2D eigenvalue weighted by molar-refractivity contribution is 7.98. The van der Waals surface area contributed by atoms with E-state index in [2.05, 4.69) is 5.32 Å². The van der Waals surface area contributed by atoms with Crippen LogP contribution in [0, 0.1) is 0 Å². The highest BCUT2D eigenvalue weighted by atomic mass is 35.5. The minimum atomic E-state index is -1.07. The van der Waals surface area contributed by atoms with Crippen LogP contribution in [0.3, 0.4) is 0 Å². The zero-order valence-electron chi connectivity index (χ0n) is 14.2. The molecule has 0 radical (unpaired) electrons. The maximum absolute atomic E-state index is 12.5. The summed E-state index contributed by atoms with van der Waals surface area (Å²) < 4.78 is 0. The van der Waals surface area contributed by atoms with Gasteiger partial charge < -0.3 is 10.4 Å². The number of likely N-dealkylation sites (tertiary alicyclic amines) is 1. The molecule has 2 aromatic carbocycles. The Kier molecular flexibility index (Phi) is 5.74. The van der Waals surface area contributed by atoms with Gasteiger partial charge >= 0.3 is 6.09 Å². The van der Waals surface area contributed by atoms with E-state index in [9.17, 15) is 14.7 Å². The van der Waals surface area contributed by atoms with E-state index in [4.69, 9.17) is 11.6 Å². The summed E-state index contributed by atoms with van der Waals surface area (Å²) >= 11 is 8.03. The number of anilines is 1. The third kappa shape index (κ3) is 3.81. The number of halogens is 1. The van der Waals surface area contributed by atoms with Gasteiger partial charge in [0.2, 0.25) is 5.91 Å². The average Bonchev–Trinajstić information content (AvgIpc) is 3.13. The lowest BCUT2D eigenvalue weighted by molar-refractivity contribution is -0.119. The van der Waals surface area contributed by atoms with Crippen molar-refractivity contribution < 1.29 is 14.7 Å². The molecular formula is C19H19ClN2O3S. The van der Waals surface area contributed by atoms with Gasteiger partial charge in [-0.25, -0.2) is 4.79 Å². The number of thioether (sulfide) groups is 1. The van der Waals surface area contributed by atoms with Crippen molar-refractivity contribution in [3.05, 3.63) is 47.5 Å². The van der Waals surface area contributed by atoms with Gasteiger partial charge in [0.15, 0.2) is 0 Å². The summed E-state index contributed by atoms with van der Waals surface area (Å²) in [7, 11) is 0. The van der Waals surface area contributed by atoms with E-state index < -0.39 is 12.1 Å². The van der Waals surface area contributed by atoms with Crippen LogP contribution in [0.2, 0.25) is 5.02 Å². The van der Waals surface area contributed by atoms with Gasteiger partial charge in [-0.05, 0) is 48.4 Å². The number of carboxylic acid groups (broad SMARTS) is 1. The predicted octanol–water partition coefficient (Wildman–Crippen LogP) is 4.81. The summed E-state index contributed by atoms with van der Waals surface area (Å²) in [5.74, 6) is -0.343. The summed E-state index contributed by atoms with van der Waals surface area (Å²) in [4.78, 5) is 26.0. The number of hydrogen-bond acceptors (Lipinski definition) is 3. The van der Waals surface area contributed by atoms with Gasteiger partial charge in [0.1, 0.15) is 6.04 Å². The van der Waals surface area contributed by atoms with Gasteiger partial charge in [-0.15, -0.1) is 11.8 Å². The molecule has 2 amide bonds. The van der Waals surface area contributed by atoms with Crippen LogP contribution in [0.1, 0.15) is 12.8 Å². The Morgan fingerprint density at radius 2 is 2.04 bits per heavy atom. The molecule has 1 atom stereocenters. The van der Waals surface area contributed by atoms with Gasteiger partial charge in [-0.3, -0.25) is 9.69 Å². The highest BCUT2D eigenvalue weighted by Gasteiger charge is 2.34. The van der Waals surface area contributed by atoms with E-state index in [0.717, 1.165) is 16.0 Å². The lowest BCUT2D eigenvalue weighted by Gasteiger charge is -2.21. The molecule has 0 aromatic heterocycles. The molecule has 0 aliphatic carbocycles. The maximum Gasteiger partial charge on any atom is 0.407 e. The molecule has 1 heterocycles.